The molecule has 0 aromatic rings. The summed E-state index contributed by atoms with van der Waals surface area (Å²) in [7, 11) is 0. The zero-order valence-corrected chi connectivity index (χ0v) is 10.0. The molecule has 0 bridgehead atoms. The van der Waals surface area contributed by atoms with E-state index in [4.69, 9.17) is 5.11 Å². The van der Waals surface area contributed by atoms with Crippen molar-refractivity contribution in [2.75, 3.05) is 6.54 Å². The second kappa shape index (κ2) is 4.97. The third-order valence-corrected chi connectivity index (χ3v) is 2.97. The highest BCUT2D eigenvalue weighted by molar-refractivity contribution is 5.70. The molecule has 0 aliphatic heterocycles. The third kappa shape index (κ3) is 4.65. The van der Waals surface area contributed by atoms with Crippen LogP contribution in [0.3, 0.4) is 0 Å². The summed E-state index contributed by atoms with van der Waals surface area (Å²) in [6.45, 7) is 6.89. The second-order valence-electron chi connectivity index (χ2n) is 5.84. The molecule has 88 valence electrons. The lowest BCUT2D eigenvalue weighted by molar-refractivity contribution is -0.142. The average molecular weight is 213 g/mol. The molecule has 1 aliphatic rings. The lowest BCUT2D eigenvalue weighted by atomic mass is 9.84. The number of hydrogen-bond donors (Lipinski definition) is 2. The Kier molecular flexibility index (Phi) is 4.14. The summed E-state index contributed by atoms with van der Waals surface area (Å²) in [5.74, 6) is -0.914. The van der Waals surface area contributed by atoms with Crippen LogP contribution in [0.1, 0.15) is 46.5 Å². The summed E-state index contributed by atoms with van der Waals surface area (Å²) < 4.78 is 0. The van der Waals surface area contributed by atoms with Crippen molar-refractivity contribution < 1.29 is 9.90 Å². The largest absolute Gasteiger partial charge is 0.481 e. The van der Waals surface area contributed by atoms with Gasteiger partial charge in [0.1, 0.15) is 0 Å². The first-order chi connectivity index (χ1) is 6.88. The molecule has 0 aromatic heterocycles. The van der Waals surface area contributed by atoms with E-state index < -0.39 is 5.97 Å². The number of carboxylic acid groups (broad SMARTS) is 1. The summed E-state index contributed by atoms with van der Waals surface area (Å²) in [4.78, 5) is 11.1. The highest BCUT2D eigenvalue weighted by atomic mass is 16.4. The first-order valence-corrected chi connectivity index (χ1v) is 5.85. The normalized spacial score (nSPS) is 19.7. The number of carbonyl (C=O) groups is 1. The minimum Gasteiger partial charge on any atom is -0.481 e. The van der Waals surface area contributed by atoms with Gasteiger partial charge in [0.15, 0.2) is 0 Å². The summed E-state index contributed by atoms with van der Waals surface area (Å²) in [6.07, 6.45) is 4.44. The average Bonchev–Trinajstić information content (AvgIpc) is 1.96. The molecule has 2 N–H and O–H groups in total. The number of aliphatic carboxylic acids is 1. The second-order valence-corrected chi connectivity index (χ2v) is 5.84. The van der Waals surface area contributed by atoms with Crippen molar-refractivity contribution in [3.63, 3.8) is 0 Å². The van der Waals surface area contributed by atoms with Crippen molar-refractivity contribution in [2.24, 2.45) is 11.3 Å². The van der Waals surface area contributed by atoms with Gasteiger partial charge in [-0.3, -0.25) is 4.79 Å². The maximum atomic E-state index is 11.1. The molecule has 0 spiro atoms. The molecule has 1 unspecified atom stereocenters. The smallest absolute Gasteiger partial charge is 0.307 e. The fourth-order valence-corrected chi connectivity index (χ4v) is 1.91. The summed E-state index contributed by atoms with van der Waals surface area (Å²) in [6, 6.07) is 0.576. The van der Waals surface area contributed by atoms with E-state index in [1.807, 2.05) is 0 Å². The maximum Gasteiger partial charge on any atom is 0.307 e. The molecule has 0 amide bonds. The van der Waals surface area contributed by atoms with Crippen LogP contribution in [0, 0.1) is 11.3 Å². The molecule has 1 rings (SSSR count). The maximum absolute atomic E-state index is 11.1. The van der Waals surface area contributed by atoms with Crippen molar-refractivity contribution in [2.45, 2.75) is 52.5 Å². The summed E-state index contributed by atoms with van der Waals surface area (Å²) >= 11 is 0. The molecule has 3 nitrogen and oxygen atoms in total. The number of carboxylic acids is 1. The number of rotatable bonds is 5. The monoisotopic (exact) mass is 213 g/mol. The van der Waals surface area contributed by atoms with Gasteiger partial charge in [-0.1, -0.05) is 27.2 Å². The Morgan fingerprint density at radius 1 is 1.47 bits per heavy atom. The molecule has 0 heterocycles. The lowest BCUT2D eigenvalue weighted by Crippen LogP contribution is -2.40. The van der Waals surface area contributed by atoms with Crippen LogP contribution in [-0.4, -0.2) is 23.7 Å². The Morgan fingerprint density at radius 3 is 2.40 bits per heavy atom. The Hall–Kier alpha value is -0.570. The highest BCUT2D eigenvalue weighted by Gasteiger charge is 2.26. The minimum absolute atomic E-state index is 0.0876. The quantitative estimate of drug-likeness (QED) is 0.736. The van der Waals surface area contributed by atoms with Crippen molar-refractivity contribution in [1.82, 2.24) is 5.32 Å². The van der Waals surface area contributed by atoms with Crippen LogP contribution in [0.4, 0.5) is 0 Å². The van der Waals surface area contributed by atoms with Crippen LogP contribution in [0.25, 0.3) is 0 Å². The van der Waals surface area contributed by atoms with Gasteiger partial charge in [-0.25, -0.2) is 0 Å². The Bertz CT molecular complexity index is 216. The molecular weight excluding hydrogens is 190 g/mol. The van der Waals surface area contributed by atoms with Gasteiger partial charge >= 0.3 is 5.97 Å². The molecule has 1 atom stereocenters. The van der Waals surface area contributed by atoms with Gasteiger partial charge in [0.2, 0.25) is 0 Å². The zero-order valence-electron chi connectivity index (χ0n) is 10.0. The fraction of sp³-hybridized carbons (Fsp3) is 0.917. The Morgan fingerprint density at radius 2 is 2.07 bits per heavy atom. The third-order valence-electron chi connectivity index (χ3n) is 2.97. The van der Waals surface area contributed by atoms with E-state index in [1.165, 1.54) is 19.3 Å². The van der Waals surface area contributed by atoms with E-state index in [0.29, 0.717) is 12.6 Å². The predicted octanol–water partition coefficient (Wildman–Crippen LogP) is 2.27. The minimum atomic E-state index is -0.670. The topological polar surface area (TPSA) is 49.3 Å². The van der Waals surface area contributed by atoms with Crippen molar-refractivity contribution >= 4 is 5.97 Å². The van der Waals surface area contributed by atoms with Gasteiger partial charge in [0.05, 0.1) is 5.92 Å². The molecule has 0 saturated heterocycles. The Balaban J connectivity index is 2.32. The number of hydrogen-bond acceptors (Lipinski definition) is 2. The van der Waals surface area contributed by atoms with Gasteiger partial charge < -0.3 is 10.4 Å². The Labute approximate surface area is 92.3 Å². The molecule has 0 radical (unpaired) electrons. The van der Waals surface area contributed by atoms with E-state index >= 15 is 0 Å². The number of nitrogens with one attached hydrogen (secondary N) is 1. The zero-order chi connectivity index (χ0) is 11.5. The van der Waals surface area contributed by atoms with Gasteiger partial charge in [0, 0.05) is 12.6 Å². The van der Waals surface area contributed by atoms with Crippen molar-refractivity contribution in [3.05, 3.63) is 0 Å². The van der Waals surface area contributed by atoms with Gasteiger partial charge in [-0.2, -0.15) is 0 Å². The molecule has 0 aromatic carbocycles. The predicted molar refractivity (Wildman–Crippen MR) is 60.8 cm³/mol. The van der Waals surface area contributed by atoms with E-state index in [1.54, 1.807) is 0 Å². The van der Waals surface area contributed by atoms with Gasteiger partial charge in [-0.05, 0) is 24.7 Å². The molecule has 15 heavy (non-hydrogen) atoms. The van der Waals surface area contributed by atoms with E-state index in [0.717, 1.165) is 6.42 Å². The standard InChI is InChI=1S/C12H23NO2/c1-12(2,3)7-9(11(14)15)8-13-10-5-4-6-10/h9-10,13H,4-8H2,1-3H3,(H,14,15). The molecular formula is C12H23NO2. The molecule has 1 fully saturated rings. The van der Waals surface area contributed by atoms with E-state index in [9.17, 15) is 4.79 Å². The molecule has 3 heteroatoms. The first kappa shape index (κ1) is 12.5. The van der Waals surface area contributed by atoms with Crippen LogP contribution < -0.4 is 5.32 Å². The molecule has 1 saturated carbocycles. The summed E-state index contributed by atoms with van der Waals surface area (Å²) in [5, 5.41) is 12.4. The first-order valence-electron chi connectivity index (χ1n) is 5.85. The van der Waals surface area contributed by atoms with Crippen LogP contribution >= 0.6 is 0 Å². The van der Waals surface area contributed by atoms with Crippen LogP contribution in [0.2, 0.25) is 0 Å². The van der Waals surface area contributed by atoms with Crippen molar-refractivity contribution in [1.29, 1.82) is 0 Å². The van der Waals surface area contributed by atoms with E-state index in [-0.39, 0.29) is 11.3 Å². The van der Waals surface area contributed by atoms with Crippen LogP contribution in [0.15, 0.2) is 0 Å². The summed E-state index contributed by atoms with van der Waals surface area (Å²) in [5.41, 5.74) is 0.0876. The van der Waals surface area contributed by atoms with Crippen molar-refractivity contribution in [3.8, 4) is 0 Å². The lowest BCUT2D eigenvalue weighted by Gasteiger charge is -2.29. The van der Waals surface area contributed by atoms with Gasteiger partial charge in [-0.15, -0.1) is 0 Å². The SMILES string of the molecule is CC(C)(C)CC(CNC1CCC1)C(=O)O. The van der Waals surface area contributed by atoms with E-state index in [2.05, 4.69) is 26.1 Å². The van der Waals surface area contributed by atoms with Gasteiger partial charge in [0.25, 0.3) is 0 Å². The molecule has 1 aliphatic carbocycles. The van der Waals surface area contributed by atoms with Crippen LogP contribution in [-0.2, 0) is 4.79 Å². The van der Waals surface area contributed by atoms with Crippen LogP contribution in [0.5, 0.6) is 0 Å². The highest BCUT2D eigenvalue weighted by Crippen LogP contribution is 2.25. The fourth-order valence-electron chi connectivity index (χ4n) is 1.91.